The molecule has 1 unspecified atom stereocenters. The van der Waals surface area contributed by atoms with Gasteiger partial charge in [-0.05, 0) is 50.0 Å². The molecule has 9 heteroatoms. The average Bonchev–Trinajstić information content (AvgIpc) is 2.47. The average molecular weight is 388 g/mol. The molecule has 0 N–H and O–H groups in total. The number of nitrogens with zero attached hydrogens (tertiary/aromatic N) is 3. The van der Waals surface area contributed by atoms with Crippen LogP contribution in [0.5, 0.6) is 0 Å². The normalized spacial score (nSPS) is 12.2. The van der Waals surface area contributed by atoms with Crippen LogP contribution in [0.3, 0.4) is 0 Å². The molecule has 0 saturated heterocycles. The summed E-state index contributed by atoms with van der Waals surface area (Å²) in [6, 6.07) is 2.15. The summed E-state index contributed by atoms with van der Waals surface area (Å²) in [6.45, 7) is 7.21. The molecule has 1 rings (SSSR count). The highest BCUT2D eigenvalue weighted by atomic mass is 35.5. The van der Waals surface area contributed by atoms with Gasteiger partial charge in [-0.2, -0.15) is 0 Å². The first-order chi connectivity index (χ1) is 11.6. The van der Waals surface area contributed by atoms with Gasteiger partial charge in [-0.3, -0.25) is 9.59 Å². The van der Waals surface area contributed by atoms with Gasteiger partial charge in [0.1, 0.15) is 16.7 Å². The summed E-state index contributed by atoms with van der Waals surface area (Å²) in [6.07, 6.45) is 1.24. The van der Waals surface area contributed by atoms with Gasteiger partial charge in [-0.25, -0.2) is 4.39 Å². The molecule has 0 bridgehead atoms. The lowest BCUT2D eigenvalue weighted by Gasteiger charge is -2.24. The molecular weight excluding hydrogens is 369 g/mol. The van der Waals surface area contributed by atoms with Gasteiger partial charge in [-0.15, -0.1) is 11.8 Å². The SMILES string of the molecule is CCCC(Sc1cc(C(=O)N=[N+]=[N-])c(F)cc1Cl)C(=O)OC(C)(C)C. The highest BCUT2D eigenvalue weighted by molar-refractivity contribution is 8.00. The summed E-state index contributed by atoms with van der Waals surface area (Å²) in [4.78, 5) is 26.7. The molecule has 0 aromatic heterocycles. The van der Waals surface area contributed by atoms with E-state index in [4.69, 9.17) is 21.9 Å². The Bertz CT molecular complexity index is 715. The Morgan fingerprint density at radius 1 is 1.44 bits per heavy atom. The van der Waals surface area contributed by atoms with E-state index in [0.29, 0.717) is 11.3 Å². The van der Waals surface area contributed by atoms with Crippen molar-refractivity contribution in [3.63, 3.8) is 0 Å². The Morgan fingerprint density at radius 2 is 2.08 bits per heavy atom. The van der Waals surface area contributed by atoms with Crippen LogP contribution in [0.1, 0.15) is 50.9 Å². The minimum absolute atomic E-state index is 0.0599. The van der Waals surface area contributed by atoms with E-state index < -0.39 is 34.1 Å². The van der Waals surface area contributed by atoms with E-state index in [0.717, 1.165) is 24.2 Å². The molecule has 25 heavy (non-hydrogen) atoms. The summed E-state index contributed by atoms with van der Waals surface area (Å²) in [7, 11) is 0. The zero-order chi connectivity index (χ0) is 19.2. The van der Waals surface area contributed by atoms with Gasteiger partial charge in [0, 0.05) is 9.81 Å². The van der Waals surface area contributed by atoms with Crippen LogP contribution in [0.4, 0.5) is 4.39 Å². The van der Waals surface area contributed by atoms with Crippen LogP contribution >= 0.6 is 23.4 Å². The Hall–Kier alpha value is -1.76. The minimum atomic E-state index is -1.05. The smallest absolute Gasteiger partial charge is 0.319 e. The molecule has 1 amide bonds. The summed E-state index contributed by atoms with van der Waals surface area (Å²) < 4.78 is 19.3. The summed E-state index contributed by atoms with van der Waals surface area (Å²) in [5, 5.41) is 2.38. The number of hydrogen-bond donors (Lipinski definition) is 0. The van der Waals surface area contributed by atoms with E-state index in [1.165, 1.54) is 6.07 Å². The number of azide groups is 1. The predicted molar refractivity (Wildman–Crippen MR) is 95.3 cm³/mol. The van der Waals surface area contributed by atoms with Gasteiger partial charge in [0.05, 0.1) is 10.6 Å². The van der Waals surface area contributed by atoms with Crippen molar-refractivity contribution in [2.24, 2.45) is 5.11 Å². The van der Waals surface area contributed by atoms with Crippen molar-refractivity contribution in [1.29, 1.82) is 0 Å². The second kappa shape index (κ2) is 9.08. The van der Waals surface area contributed by atoms with Crippen LogP contribution < -0.4 is 0 Å². The molecule has 6 nitrogen and oxygen atoms in total. The number of carbonyl (C=O) groups excluding carboxylic acids is 2. The number of benzene rings is 1. The second-order valence-corrected chi connectivity index (χ2v) is 7.84. The van der Waals surface area contributed by atoms with Crippen molar-refractivity contribution < 1.29 is 18.7 Å². The quantitative estimate of drug-likeness (QED) is 0.211. The molecule has 1 atom stereocenters. The number of ether oxygens (including phenoxy) is 1. The number of thioether (sulfide) groups is 1. The molecule has 0 radical (unpaired) electrons. The molecule has 0 heterocycles. The van der Waals surface area contributed by atoms with Crippen LogP contribution in [0.25, 0.3) is 10.4 Å². The Labute approximate surface area is 154 Å². The third kappa shape index (κ3) is 6.57. The Morgan fingerprint density at radius 3 is 2.60 bits per heavy atom. The summed E-state index contributed by atoms with van der Waals surface area (Å²) in [5.41, 5.74) is 7.29. The number of halogens is 2. The van der Waals surface area contributed by atoms with Crippen molar-refractivity contribution in [1.82, 2.24) is 0 Å². The molecule has 1 aromatic rings. The lowest BCUT2D eigenvalue weighted by molar-refractivity contribution is -0.154. The molecule has 0 aliphatic rings. The van der Waals surface area contributed by atoms with Crippen molar-refractivity contribution in [3.05, 3.63) is 39.0 Å². The zero-order valence-electron chi connectivity index (χ0n) is 14.4. The fourth-order valence-electron chi connectivity index (χ4n) is 1.89. The molecule has 0 spiro atoms. The number of amides is 1. The van der Waals surface area contributed by atoms with Gasteiger partial charge < -0.3 is 4.74 Å². The van der Waals surface area contributed by atoms with Gasteiger partial charge >= 0.3 is 5.97 Å². The van der Waals surface area contributed by atoms with Crippen molar-refractivity contribution in [2.75, 3.05) is 0 Å². The van der Waals surface area contributed by atoms with E-state index in [1.54, 1.807) is 20.8 Å². The van der Waals surface area contributed by atoms with Crippen molar-refractivity contribution in [2.45, 2.75) is 56.3 Å². The molecule has 0 aliphatic heterocycles. The number of rotatable bonds is 6. The van der Waals surface area contributed by atoms with Crippen LogP contribution in [-0.4, -0.2) is 22.7 Å². The Kier molecular flexibility index (Phi) is 7.73. The maximum absolute atomic E-state index is 13.9. The monoisotopic (exact) mass is 387 g/mol. The third-order valence-electron chi connectivity index (χ3n) is 2.88. The van der Waals surface area contributed by atoms with Gasteiger partial charge in [0.25, 0.3) is 5.91 Å². The molecule has 0 saturated carbocycles. The topological polar surface area (TPSA) is 92.1 Å². The third-order valence-corrected chi connectivity index (χ3v) is 4.61. The van der Waals surface area contributed by atoms with E-state index in [1.807, 2.05) is 6.92 Å². The number of esters is 1. The van der Waals surface area contributed by atoms with E-state index in [2.05, 4.69) is 10.0 Å². The standard InChI is InChI=1S/C16H19ClFN3O3S/c1-5-6-12(15(23)24-16(2,3)4)25-13-7-9(14(22)20-21-19)11(18)8-10(13)17/h7-8,12H,5-6H2,1-4H3. The molecule has 0 aliphatic carbocycles. The first-order valence-electron chi connectivity index (χ1n) is 7.57. The van der Waals surface area contributed by atoms with Crippen LogP contribution in [0.2, 0.25) is 5.02 Å². The molecular formula is C16H19ClFN3O3S. The second-order valence-electron chi connectivity index (χ2n) is 6.19. The van der Waals surface area contributed by atoms with E-state index in [9.17, 15) is 14.0 Å². The van der Waals surface area contributed by atoms with Gasteiger partial charge in [0.15, 0.2) is 0 Å². The van der Waals surface area contributed by atoms with E-state index in [-0.39, 0.29) is 5.02 Å². The van der Waals surface area contributed by atoms with Gasteiger partial charge in [-0.1, -0.05) is 24.9 Å². The first-order valence-corrected chi connectivity index (χ1v) is 8.82. The predicted octanol–water partition coefficient (Wildman–Crippen LogP) is 5.53. The summed E-state index contributed by atoms with van der Waals surface area (Å²) in [5.74, 6) is -2.36. The minimum Gasteiger partial charge on any atom is -0.459 e. The maximum atomic E-state index is 13.9. The lowest BCUT2D eigenvalue weighted by Crippen LogP contribution is -2.30. The van der Waals surface area contributed by atoms with Crippen molar-refractivity contribution in [3.8, 4) is 0 Å². The first kappa shape index (κ1) is 21.3. The Balaban J connectivity index is 3.16. The van der Waals surface area contributed by atoms with Crippen LogP contribution in [0.15, 0.2) is 22.1 Å². The molecule has 0 fully saturated rings. The molecule has 1 aromatic carbocycles. The van der Waals surface area contributed by atoms with E-state index >= 15 is 0 Å². The molecule has 136 valence electrons. The number of carbonyl (C=O) groups is 2. The largest absolute Gasteiger partial charge is 0.459 e. The van der Waals surface area contributed by atoms with Crippen LogP contribution in [-0.2, 0) is 9.53 Å². The van der Waals surface area contributed by atoms with Crippen LogP contribution in [0, 0.1) is 5.82 Å². The highest BCUT2D eigenvalue weighted by Crippen LogP contribution is 2.35. The number of hydrogen-bond acceptors (Lipinski definition) is 4. The summed E-state index contributed by atoms with van der Waals surface area (Å²) >= 11 is 7.12. The fraction of sp³-hybridized carbons (Fsp3) is 0.500. The lowest BCUT2D eigenvalue weighted by atomic mass is 10.2. The maximum Gasteiger partial charge on any atom is 0.319 e. The zero-order valence-corrected chi connectivity index (χ0v) is 15.9. The van der Waals surface area contributed by atoms with Gasteiger partial charge in [0.2, 0.25) is 0 Å². The fourth-order valence-corrected chi connectivity index (χ4v) is 3.33. The highest BCUT2D eigenvalue weighted by Gasteiger charge is 2.27. The van der Waals surface area contributed by atoms with Crippen molar-refractivity contribution >= 4 is 35.2 Å².